The Morgan fingerprint density at radius 1 is 0.684 bits per heavy atom. The molecular weight excluding hydrogens is 308 g/mol. The summed E-state index contributed by atoms with van der Waals surface area (Å²) < 4.78 is 0. The van der Waals surface area contributed by atoms with Crippen LogP contribution in [0, 0.1) is 0 Å². The second-order valence-electron chi connectivity index (χ2n) is 5.03. The van der Waals surface area contributed by atoms with Crippen molar-refractivity contribution in [1.29, 1.82) is 0 Å². The van der Waals surface area contributed by atoms with Gasteiger partial charge in [-0.2, -0.15) is 0 Å². The van der Waals surface area contributed by atoms with Crippen molar-refractivity contribution in [2.45, 2.75) is 38.8 Å². The van der Waals surface area contributed by atoms with Gasteiger partial charge in [-0.3, -0.25) is 0 Å². The van der Waals surface area contributed by atoms with Crippen LogP contribution in [0.1, 0.15) is 25.0 Å². The Morgan fingerprint density at radius 3 is 1.37 bits per heavy atom. The lowest BCUT2D eigenvalue weighted by Gasteiger charge is -2.29. The van der Waals surface area contributed by atoms with Crippen LogP contribution in [0.4, 0.5) is 0 Å². The summed E-state index contributed by atoms with van der Waals surface area (Å²) in [4.78, 5) is 3.73. The standard InChI is InChI=1S/C15H16S4/c1-15(2,11-5-3-9(16)7-13(11)18)12-6-4-10(17)8-14(12)19/h3-8,16-19H,1-2H3. The third kappa shape index (κ3) is 3.13. The van der Waals surface area contributed by atoms with Crippen LogP contribution in [0.25, 0.3) is 0 Å². The largest absolute Gasteiger partial charge is 0.143 e. The van der Waals surface area contributed by atoms with Gasteiger partial charge in [0, 0.05) is 25.0 Å². The van der Waals surface area contributed by atoms with Crippen LogP contribution >= 0.6 is 50.5 Å². The Labute approximate surface area is 136 Å². The minimum absolute atomic E-state index is 0.170. The summed E-state index contributed by atoms with van der Waals surface area (Å²) in [5.74, 6) is 0. The van der Waals surface area contributed by atoms with Gasteiger partial charge in [0.25, 0.3) is 0 Å². The number of rotatable bonds is 2. The first-order valence-corrected chi connectivity index (χ1v) is 7.66. The van der Waals surface area contributed by atoms with Crippen molar-refractivity contribution in [2.24, 2.45) is 0 Å². The summed E-state index contributed by atoms with van der Waals surface area (Å²) in [6.45, 7) is 4.35. The zero-order valence-corrected chi connectivity index (χ0v) is 14.3. The van der Waals surface area contributed by atoms with Crippen molar-refractivity contribution in [3.8, 4) is 0 Å². The minimum Gasteiger partial charge on any atom is -0.143 e. The smallest absolute Gasteiger partial charge is 0.0168 e. The molecule has 0 spiro atoms. The molecule has 0 aromatic heterocycles. The van der Waals surface area contributed by atoms with E-state index in [9.17, 15) is 0 Å². The maximum absolute atomic E-state index is 4.58. The van der Waals surface area contributed by atoms with Crippen LogP contribution in [-0.4, -0.2) is 0 Å². The monoisotopic (exact) mass is 324 g/mol. The molecule has 100 valence electrons. The molecule has 0 aliphatic rings. The Hall–Kier alpha value is -0.160. The van der Waals surface area contributed by atoms with Crippen LogP contribution in [0.3, 0.4) is 0 Å². The molecule has 0 saturated heterocycles. The van der Waals surface area contributed by atoms with Gasteiger partial charge in [0.05, 0.1) is 0 Å². The summed E-state index contributed by atoms with van der Waals surface area (Å²) in [7, 11) is 0. The van der Waals surface area contributed by atoms with E-state index in [2.05, 4.69) is 76.5 Å². The minimum atomic E-state index is -0.170. The first-order chi connectivity index (χ1) is 8.82. The van der Waals surface area contributed by atoms with E-state index in [0.29, 0.717) is 0 Å². The van der Waals surface area contributed by atoms with Crippen LogP contribution in [0.15, 0.2) is 56.0 Å². The van der Waals surface area contributed by atoms with Gasteiger partial charge < -0.3 is 0 Å². The molecule has 0 radical (unpaired) electrons. The second-order valence-corrected chi connectivity index (χ2v) is 7.02. The lowest BCUT2D eigenvalue weighted by atomic mass is 9.78. The number of thiol groups is 4. The molecular formula is C15H16S4. The molecule has 0 aliphatic heterocycles. The molecule has 19 heavy (non-hydrogen) atoms. The van der Waals surface area contributed by atoms with E-state index in [1.54, 1.807) is 0 Å². The van der Waals surface area contributed by atoms with Crippen molar-refractivity contribution in [3.05, 3.63) is 47.5 Å². The highest BCUT2D eigenvalue weighted by molar-refractivity contribution is 7.81. The quantitative estimate of drug-likeness (QED) is 0.538. The van der Waals surface area contributed by atoms with Crippen LogP contribution in [0.5, 0.6) is 0 Å². The molecule has 2 aromatic carbocycles. The first-order valence-electron chi connectivity index (χ1n) is 5.87. The third-order valence-electron chi connectivity index (χ3n) is 3.31. The molecule has 0 atom stereocenters. The van der Waals surface area contributed by atoms with Crippen LogP contribution in [0.2, 0.25) is 0 Å². The lowest BCUT2D eigenvalue weighted by molar-refractivity contribution is 0.613. The fourth-order valence-corrected chi connectivity index (χ4v) is 3.84. The van der Waals surface area contributed by atoms with Crippen molar-refractivity contribution in [2.75, 3.05) is 0 Å². The van der Waals surface area contributed by atoms with Gasteiger partial charge in [-0.05, 0) is 35.4 Å². The van der Waals surface area contributed by atoms with Gasteiger partial charge in [-0.25, -0.2) is 0 Å². The van der Waals surface area contributed by atoms with Crippen molar-refractivity contribution in [3.63, 3.8) is 0 Å². The van der Waals surface area contributed by atoms with E-state index in [1.165, 1.54) is 0 Å². The van der Waals surface area contributed by atoms with Gasteiger partial charge in [0.1, 0.15) is 0 Å². The summed E-state index contributed by atoms with van der Waals surface area (Å²) in [5.41, 5.74) is 2.16. The Morgan fingerprint density at radius 2 is 1.05 bits per heavy atom. The van der Waals surface area contributed by atoms with Crippen molar-refractivity contribution < 1.29 is 0 Å². The molecule has 0 heterocycles. The molecule has 0 aliphatic carbocycles. The van der Waals surface area contributed by atoms with E-state index in [-0.39, 0.29) is 5.41 Å². The molecule has 2 rings (SSSR count). The van der Waals surface area contributed by atoms with Crippen LogP contribution in [-0.2, 0) is 5.41 Å². The van der Waals surface area contributed by atoms with E-state index in [1.807, 2.05) is 24.3 Å². The zero-order chi connectivity index (χ0) is 14.2. The average molecular weight is 325 g/mol. The maximum atomic E-state index is 4.58. The average Bonchev–Trinajstić information content (AvgIpc) is 2.27. The summed E-state index contributed by atoms with van der Waals surface area (Å²) in [6.07, 6.45) is 0. The highest BCUT2D eigenvalue weighted by Crippen LogP contribution is 2.39. The number of hydrogen-bond acceptors (Lipinski definition) is 4. The highest BCUT2D eigenvalue weighted by atomic mass is 32.1. The SMILES string of the molecule is CC(C)(c1ccc(S)cc1S)c1ccc(S)cc1S. The third-order valence-corrected chi connectivity index (χ3v) is 4.61. The van der Waals surface area contributed by atoms with E-state index in [4.69, 9.17) is 0 Å². The van der Waals surface area contributed by atoms with Gasteiger partial charge in [0.15, 0.2) is 0 Å². The summed E-state index contributed by atoms with van der Waals surface area (Å²) in [5, 5.41) is 0. The first kappa shape index (κ1) is 15.2. The van der Waals surface area contributed by atoms with Crippen molar-refractivity contribution >= 4 is 50.5 Å². The fourth-order valence-electron chi connectivity index (χ4n) is 2.24. The fraction of sp³-hybridized carbons (Fsp3) is 0.200. The van der Waals surface area contributed by atoms with Gasteiger partial charge in [-0.1, -0.05) is 26.0 Å². The Balaban J connectivity index is 2.58. The molecule has 2 aromatic rings. The van der Waals surface area contributed by atoms with Gasteiger partial charge in [-0.15, -0.1) is 50.5 Å². The molecule has 0 N–H and O–H groups in total. The van der Waals surface area contributed by atoms with Crippen molar-refractivity contribution in [1.82, 2.24) is 0 Å². The topological polar surface area (TPSA) is 0 Å². The number of hydrogen-bond donors (Lipinski definition) is 4. The lowest BCUT2D eigenvalue weighted by Crippen LogP contribution is -2.20. The normalized spacial score (nSPS) is 11.7. The van der Waals surface area contributed by atoms with Gasteiger partial charge in [0.2, 0.25) is 0 Å². The Kier molecular flexibility index (Phi) is 4.56. The molecule has 0 fully saturated rings. The Bertz CT molecular complexity index is 564. The van der Waals surface area contributed by atoms with E-state index < -0.39 is 0 Å². The van der Waals surface area contributed by atoms with E-state index >= 15 is 0 Å². The molecule has 0 amide bonds. The predicted molar refractivity (Wildman–Crippen MR) is 94.0 cm³/mol. The zero-order valence-electron chi connectivity index (χ0n) is 10.8. The predicted octanol–water partition coefficient (Wildman–Crippen LogP) is 5.17. The summed E-state index contributed by atoms with van der Waals surface area (Å²) >= 11 is 17.8. The second kappa shape index (κ2) is 5.68. The molecule has 0 saturated carbocycles. The van der Waals surface area contributed by atoms with E-state index in [0.717, 1.165) is 30.7 Å². The highest BCUT2D eigenvalue weighted by Gasteiger charge is 2.27. The molecule has 0 unspecified atom stereocenters. The summed E-state index contributed by atoms with van der Waals surface area (Å²) in [6, 6.07) is 12.1. The maximum Gasteiger partial charge on any atom is 0.0168 e. The van der Waals surface area contributed by atoms with Gasteiger partial charge >= 0.3 is 0 Å². The molecule has 4 heteroatoms. The molecule has 0 nitrogen and oxygen atoms in total. The molecule has 0 bridgehead atoms. The number of benzene rings is 2. The van der Waals surface area contributed by atoms with Crippen LogP contribution < -0.4 is 0 Å².